The van der Waals surface area contributed by atoms with E-state index in [1.165, 1.54) is 0 Å². The third-order valence-electron chi connectivity index (χ3n) is 4.99. The number of anilines is 2. The van der Waals surface area contributed by atoms with Crippen LogP contribution in [0.15, 0.2) is 48.5 Å². The summed E-state index contributed by atoms with van der Waals surface area (Å²) in [6.45, 7) is 8.90. The fourth-order valence-electron chi connectivity index (χ4n) is 3.26. The van der Waals surface area contributed by atoms with E-state index >= 15 is 0 Å². The van der Waals surface area contributed by atoms with Crippen molar-refractivity contribution in [2.75, 3.05) is 42.9 Å². The van der Waals surface area contributed by atoms with Crippen LogP contribution < -0.4 is 15.0 Å². The number of ether oxygens (including phenoxy) is 1. The Morgan fingerprint density at radius 3 is 2.46 bits per heavy atom. The van der Waals surface area contributed by atoms with E-state index < -0.39 is 6.10 Å². The summed E-state index contributed by atoms with van der Waals surface area (Å²) in [4.78, 5) is 17.4. The highest BCUT2D eigenvalue weighted by atomic mass is 16.5. The average Bonchev–Trinajstić information content (AvgIpc) is 2.74. The molecule has 1 fully saturated rings. The molecule has 2 aromatic carbocycles. The lowest BCUT2D eigenvalue weighted by Gasteiger charge is -2.36. The molecule has 1 aliphatic rings. The zero-order valence-electron chi connectivity index (χ0n) is 16.4. The van der Waals surface area contributed by atoms with Gasteiger partial charge >= 0.3 is 0 Å². The van der Waals surface area contributed by atoms with Gasteiger partial charge < -0.3 is 19.9 Å². The molecule has 0 spiro atoms. The largest absolute Gasteiger partial charge is 0.481 e. The smallest absolute Gasteiger partial charge is 0.265 e. The van der Waals surface area contributed by atoms with Gasteiger partial charge in [0.1, 0.15) is 5.75 Å². The molecule has 0 aromatic heterocycles. The fourth-order valence-corrected chi connectivity index (χ4v) is 3.26. The van der Waals surface area contributed by atoms with E-state index in [9.17, 15) is 4.79 Å². The van der Waals surface area contributed by atoms with Crippen molar-refractivity contribution in [2.24, 2.45) is 0 Å². The Kier molecular flexibility index (Phi) is 6.51. The maximum absolute atomic E-state index is 12.7. The molecule has 6 heteroatoms. The average molecular weight is 378 g/mol. The number of carbonyl (C=O) groups excluding carboxylic acids is 1. The van der Waals surface area contributed by atoms with Crippen molar-refractivity contribution in [1.82, 2.24) is 4.90 Å². The van der Waals surface area contributed by atoms with Gasteiger partial charge in [-0.3, -0.25) is 4.79 Å². The quantitative estimate of drug-likeness (QED) is 0.836. The van der Waals surface area contributed by atoms with Crippen molar-refractivity contribution in [3.05, 3.63) is 54.1 Å². The number of hydrogen-bond acceptors (Lipinski definition) is 5. The fraction of sp³-hybridized carbons (Fsp3) is 0.364. The molecule has 6 nitrogen and oxygen atoms in total. The summed E-state index contributed by atoms with van der Waals surface area (Å²) in [7, 11) is 0. The lowest BCUT2D eigenvalue weighted by atomic mass is 10.2. The first kappa shape index (κ1) is 19.7. The van der Waals surface area contributed by atoms with Crippen LogP contribution in [0.5, 0.6) is 5.75 Å². The van der Waals surface area contributed by atoms with E-state index in [0.29, 0.717) is 11.3 Å². The molecule has 1 N–H and O–H groups in total. The van der Waals surface area contributed by atoms with E-state index in [-0.39, 0.29) is 5.91 Å². The number of piperazine rings is 1. The summed E-state index contributed by atoms with van der Waals surface area (Å²) < 4.78 is 5.72. The highest BCUT2D eigenvalue weighted by Crippen LogP contribution is 2.27. The lowest BCUT2D eigenvalue weighted by Crippen LogP contribution is -2.46. The Morgan fingerprint density at radius 2 is 1.82 bits per heavy atom. The first-order chi connectivity index (χ1) is 13.6. The Balaban J connectivity index is 1.64. The second-order valence-electron chi connectivity index (χ2n) is 6.82. The zero-order chi connectivity index (χ0) is 19.9. The van der Waals surface area contributed by atoms with Crippen LogP contribution >= 0.6 is 0 Å². The van der Waals surface area contributed by atoms with E-state index in [0.717, 1.165) is 44.1 Å². The predicted octanol–water partition coefficient (Wildman–Crippen LogP) is 3.11. The molecule has 0 bridgehead atoms. The van der Waals surface area contributed by atoms with Crippen LogP contribution in [0.4, 0.5) is 11.4 Å². The standard InChI is InChI=1S/C22H26N4O2/c1-3-25-12-14-26(15-13-25)21-7-5-4-6-20(21)24-22(27)17(2)28-19-10-8-18(16-23)9-11-19/h4-11,17H,3,12-15H2,1-2H3,(H,24,27)/t17-/m0/s1. The first-order valence-corrected chi connectivity index (χ1v) is 9.64. The second kappa shape index (κ2) is 9.25. The van der Waals surface area contributed by atoms with Gasteiger partial charge in [0.15, 0.2) is 6.10 Å². The molecule has 3 rings (SSSR count). The Bertz CT molecular complexity index is 836. The summed E-state index contributed by atoms with van der Waals surface area (Å²) in [6, 6.07) is 16.7. The van der Waals surface area contributed by atoms with E-state index in [1.54, 1.807) is 31.2 Å². The minimum atomic E-state index is -0.655. The number of nitrogens with zero attached hydrogens (tertiary/aromatic N) is 3. The number of benzene rings is 2. The van der Waals surface area contributed by atoms with E-state index in [2.05, 4.69) is 28.1 Å². The number of rotatable bonds is 6. The number of carbonyl (C=O) groups is 1. The van der Waals surface area contributed by atoms with Crippen molar-refractivity contribution in [1.29, 1.82) is 5.26 Å². The van der Waals surface area contributed by atoms with Crippen LogP contribution in [-0.4, -0.2) is 49.6 Å². The second-order valence-corrected chi connectivity index (χ2v) is 6.82. The van der Waals surface area contributed by atoms with Gasteiger partial charge in [-0.2, -0.15) is 5.26 Å². The molecule has 1 amide bonds. The SMILES string of the molecule is CCN1CCN(c2ccccc2NC(=O)[C@H](C)Oc2ccc(C#N)cc2)CC1. The summed E-state index contributed by atoms with van der Waals surface area (Å²) in [5.74, 6) is 0.356. The summed E-state index contributed by atoms with van der Waals surface area (Å²) in [6.07, 6.45) is -0.655. The highest BCUT2D eigenvalue weighted by molar-refractivity contribution is 5.97. The van der Waals surface area contributed by atoms with Crippen molar-refractivity contribution < 1.29 is 9.53 Å². The molecule has 1 aliphatic heterocycles. The Labute approximate surface area is 166 Å². The molecule has 0 unspecified atom stereocenters. The van der Waals surface area contributed by atoms with Crippen LogP contribution in [0.1, 0.15) is 19.4 Å². The van der Waals surface area contributed by atoms with Crippen LogP contribution in [-0.2, 0) is 4.79 Å². The molecular weight excluding hydrogens is 352 g/mol. The number of amides is 1. The number of nitriles is 1. The zero-order valence-corrected chi connectivity index (χ0v) is 16.4. The monoisotopic (exact) mass is 378 g/mol. The van der Waals surface area contributed by atoms with Crippen LogP contribution in [0.25, 0.3) is 0 Å². The number of hydrogen-bond donors (Lipinski definition) is 1. The van der Waals surface area contributed by atoms with Gasteiger partial charge in [-0.25, -0.2) is 0 Å². The molecule has 146 valence electrons. The number of likely N-dealkylation sites (N-methyl/N-ethyl adjacent to an activating group) is 1. The third kappa shape index (κ3) is 4.81. The van der Waals surface area contributed by atoms with Crippen LogP contribution in [0.2, 0.25) is 0 Å². The summed E-state index contributed by atoms with van der Waals surface area (Å²) in [5.41, 5.74) is 2.39. The molecule has 1 saturated heterocycles. The Hall–Kier alpha value is -3.04. The molecule has 2 aromatic rings. The first-order valence-electron chi connectivity index (χ1n) is 9.64. The van der Waals surface area contributed by atoms with E-state index in [1.807, 2.05) is 24.3 Å². The normalized spacial score (nSPS) is 15.5. The maximum Gasteiger partial charge on any atom is 0.265 e. The summed E-state index contributed by atoms with van der Waals surface area (Å²) in [5, 5.41) is 11.9. The van der Waals surface area contributed by atoms with E-state index in [4.69, 9.17) is 10.00 Å². The molecular formula is C22H26N4O2. The Morgan fingerprint density at radius 1 is 1.14 bits per heavy atom. The topological polar surface area (TPSA) is 68.6 Å². The minimum absolute atomic E-state index is 0.205. The van der Waals surface area contributed by atoms with Gasteiger partial charge in [0.05, 0.1) is 23.0 Å². The van der Waals surface area contributed by atoms with Crippen LogP contribution in [0.3, 0.4) is 0 Å². The van der Waals surface area contributed by atoms with Crippen molar-refractivity contribution in [3.8, 4) is 11.8 Å². The van der Waals surface area contributed by atoms with Gasteiger partial charge in [-0.15, -0.1) is 0 Å². The molecule has 28 heavy (non-hydrogen) atoms. The molecule has 1 heterocycles. The molecule has 0 aliphatic carbocycles. The minimum Gasteiger partial charge on any atom is -0.481 e. The van der Waals surface area contributed by atoms with Gasteiger partial charge in [0, 0.05) is 26.2 Å². The van der Waals surface area contributed by atoms with Gasteiger partial charge in [0.2, 0.25) is 0 Å². The highest BCUT2D eigenvalue weighted by Gasteiger charge is 2.21. The van der Waals surface area contributed by atoms with Crippen LogP contribution in [0, 0.1) is 11.3 Å². The maximum atomic E-state index is 12.7. The van der Waals surface area contributed by atoms with Crippen molar-refractivity contribution in [2.45, 2.75) is 20.0 Å². The van der Waals surface area contributed by atoms with Gasteiger partial charge in [-0.1, -0.05) is 19.1 Å². The van der Waals surface area contributed by atoms with Gasteiger partial charge in [-0.05, 0) is 49.9 Å². The summed E-state index contributed by atoms with van der Waals surface area (Å²) >= 11 is 0. The third-order valence-corrected chi connectivity index (χ3v) is 4.99. The molecule has 0 saturated carbocycles. The van der Waals surface area contributed by atoms with Crippen molar-refractivity contribution in [3.63, 3.8) is 0 Å². The van der Waals surface area contributed by atoms with Gasteiger partial charge in [0.25, 0.3) is 5.91 Å². The number of para-hydroxylation sites is 2. The molecule has 1 atom stereocenters. The lowest BCUT2D eigenvalue weighted by molar-refractivity contribution is -0.122. The predicted molar refractivity (Wildman–Crippen MR) is 111 cm³/mol. The molecule has 0 radical (unpaired) electrons. The number of nitrogens with one attached hydrogen (secondary N) is 1. The van der Waals surface area contributed by atoms with Crippen molar-refractivity contribution >= 4 is 17.3 Å².